The van der Waals surface area contributed by atoms with Gasteiger partial charge >= 0.3 is 0 Å². The Kier molecular flexibility index (Phi) is 4.81. The van der Waals surface area contributed by atoms with Crippen LogP contribution < -0.4 is 10.1 Å². The van der Waals surface area contributed by atoms with Crippen molar-refractivity contribution in [1.29, 1.82) is 0 Å². The Morgan fingerprint density at radius 1 is 1.18 bits per heavy atom. The number of methoxy groups -OCH3 is 1. The smallest absolute Gasteiger partial charge is 0.272 e. The molecule has 2 aromatic carbocycles. The van der Waals surface area contributed by atoms with Gasteiger partial charge in [-0.15, -0.1) is 0 Å². The highest BCUT2D eigenvalue weighted by Gasteiger charge is 2.27. The first-order valence-corrected chi connectivity index (χ1v) is 9.04. The van der Waals surface area contributed by atoms with Crippen LogP contribution in [0.25, 0.3) is 5.69 Å². The Morgan fingerprint density at radius 2 is 2.00 bits per heavy atom. The molecule has 0 fully saturated rings. The molecule has 1 aromatic heterocycles. The van der Waals surface area contributed by atoms with Crippen molar-refractivity contribution >= 4 is 5.91 Å². The van der Waals surface area contributed by atoms with Gasteiger partial charge in [0.15, 0.2) is 17.3 Å². The fourth-order valence-corrected chi connectivity index (χ4v) is 3.56. The van der Waals surface area contributed by atoms with Crippen LogP contribution in [-0.4, -0.2) is 22.8 Å². The lowest BCUT2D eigenvalue weighted by Crippen LogP contribution is -2.24. The summed E-state index contributed by atoms with van der Waals surface area (Å²) in [5.41, 5.74) is 3.32. The SMILES string of the molecule is COc1ccccc1CNC(=O)c1nn(-c2ccc(F)c(F)c2)c2c1CCC2. The summed E-state index contributed by atoms with van der Waals surface area (Å²) in [6.45, 7) is 0.301. The number of fused-ring (bicyclic) bond motifs is 1. The molecule has 1 aliphatic carbocycles. The van der Waals surface area contributed by atoms with Crippen LogP contribution in [0.4, 0.5) is 8.78 Å². The molecule has 0 saturated carbocycles. The quantitative estimate of drug-likeness (QED) is 0.733. The third-order valence-electron chi connectivity index (χ3n) is 4.92. The molecule has 0 radical (unpaired) electrons. The summed E-state index contributed by atoms with van der Waals surface area (Å²) in [6.07, 6.45) is 2.36. The van der Waals surface area contributed by atoms with Gasteiger partial charge in [-0.3, -0.25) is 4.79 Å². The molecule has 0 saturated heterocycles. The third kappa shape index (κ3) is 3.24. The predicted molar refractivity (Wildman–Crippen MR) is 99.7 cm³/mol. The number of nitrogens with one attached hydrogen (secondary N) is 1. The van der Waals surface area contributed by atoms with E-state index in [4.69, 9.17) is 4.74 Å². The first-order chi connectivity index (χ1) is 13.6. The summed E-state index contributed by atoms with van der Waals surface area (Å²) >= 11 is 0. The molecule has 0 atom stereocenters. The number of hydrogen-bond donors (Lipinski definition) is 1. The van der Waals surface area contributed by atoms with Crippen molar-refractivity contribution in [2.24, 2.45) is 0 Å². The van der Waals surface area contributed by atoms with E-state index in [1.807, 2.05) is 24.3 Å². The van der Waals surface area contributed by atoms with Crippen LogP contribution in [0.15, 0.2) is 42.5 Å². The number of carbonyl (C=O) groups is 1. The minimum Gasteiger partial charge on any atom is -0.496 e. The molecular weight excluding hydrogens is 364 g/mol. The van der Waals surface area contributed by atoms with Gasteiger partial charge in [0.2, 0.25) is 0 Å². The van der Waals surface area contributed by atoms with Crippen molar-refractivity contribution in [2.75, 3.05) is 7.11 Å². The van der Waals surface area contributed by atoms with Crippen LogP contribution in [0.1, 0.15) is 33.7 Å². The molecule has 1 N–H and O–H groups in total. The van der Waals surface area contributed by atoms with Gasteiger partial charge in [0.1, 0.15) is 5.75 Å². The normalized spacial score (nSPS) is 12.7. The summed E-state index contributed by atoms with van der Waals surface area (Å²) in [7, 11) is 1.58. The second-order valence-electron chi connectivity index (χ2n) is 6.63. The average Bonchev–Trinajstić information content (AvgIpc) is 3.31. The van der Waals surface area contributed by atoms with Crippen LogP contribution in [0.5, 0.6) is 5.75 Å². The maximum absolute atomic E-state index is 13.7. The summed E-state index contributed by atoms with van der Waals surface area (Å²) in [5, 5.41) is 7.29. The van der Waals surface area contributed by atoms with Crippen LogP contribution in [0.2, 0.25) is 0 Å². The van der Waals surface area contributed by atoms with E-state index in [-0.39, 0.29) is 5.91 Å². The minimum absolute atomic E-state index is 0.301. The zero-order valence-electron chi connectivity index (χ0n) is 15.3. The number of carbonyl (C=O) groups excluding carboxylic acids is 1. The number of nitrogens with zero attached hydrogens (tertiary/aromatic N) is 2. The average molecular weight is 383 g/mol. The Morgan fingerprint density at radius 3 is 2.79 bits per heavy atom. The number of para-hydroxylation sites is 1. The van der Waals surface area contributed by atoms with E-state index >= 15 is 0 Å². The predicted octanol–water partition coefficient (Wildman–Crippen LogP) is 3.58. The van der Waals surface area contributed by atoms with E-state index in [0.717, 1.165) is 48.2 Å². The lowest BCUT2D eigenvalue weighted by Gasteiger charge is -2.09. The van der Waals surface area contributed by atoms with Gasteiger partial charge in [-0.2, -0.15) is 5.10 Å². The van der Waals surface area contributed by atoms with Crippen molar-refractivity contribution in [3.05, 3.63) is 76.6 Å². The van der Waals surface area contributed by atoms with Crippen LogP contribution in [0.3, 0.4) is 0 Å². The standard InChI is InChI=1S/C21H19F2N3O2/c1-28-19-8-3-2-5-13(19)12-24-21(27)20-15-6-4-7-18(15)26(25-20)14-9-10-16(22)17(23)11-14/h2-3,5,8-11H,4,6-7,12H2,1H3,(H,24,27). The van der Waals surface area contributed by atoms with Gasteiger partial charge in [-0.05, 0) is 37.5 Å². The number of ether oxygens (including phenoxy) is 1. The largest absolute Gasteiger partial charge is 0.496 e. The Balaban J connectivity index is 1.61. The maximum atomic E-state index is 13.7. The highest BCUT2D eigenvalue weighted by molar-refractivity contribution is 5.94. The van der Waals surface area contributed by atoms with E-state index in [9.17, 15) is 13.6 Å². The molecule has 1 heterocycles. The molecule has 1 amide bonds. The Bertz CT molecular complexity index is 1050. The summed E-state index contributed by atoms with van der Waals surface area (Å²) in [5.74, 6) is -1.46. The second kappa shape index (κ2) is 7.42. The molecule has 0 aliphatic heterocycles. The van der Waals surface area contributed by atoms with Crippen LogP contribution >= 0.6 is 0 Å². The third-order valence-corrected chi connectivity index (χ3v) is 4.92. The van der Waals surface area contributed by atoms with Gasteiger partial charge < -0.3 is 10.1 Å². The molecule has 0 spiro atoms. The fourth-order valence-electron chi connectivity index (χ4n) is 3.56. The molecule has 0 unspecified atom stereocenters. The second-order valence-corrected chi connectivity index (χ2v) is 6.63. The highest BCUT2D eigenvalue weighted by atomic mass is 19.2. The first-order valence-electron chi connectivity index (χ1n) is 9.04. The van der Waals surface area contributed by atoms with E-state index in [0.29, 0.717) is 23.7 Å². The van der Waals surface area contributed by atoms with Crippen molar-refractivity contribution in [3.63, 3.8) is 0 Å². The van der Waals surface area contributed by atoms with Gasteiger partial charge in [0.05, 0.1) is 12.8 Å². The monoisotopic (exact) mass is 383 g/mol. The molecule has 7 heteroatoms. The molecule has 1 aliphatic rings. The molecule has 0 bridgehead atoms. The van der Waals surface area contributed by atoms with E-state index in [1.54, 1.807) is 11.8 Å². The number of amides is 1. The van der Waals surface area contributed by atoms with Gasteiger partial charge in [0.25, 0.3) is 5.91 Å². The van der Waals surface area contributed by atoms with Crippen molar-refractivity contribution in [3.8, 4) is 11.4 Å². The lowest BCUT2D eigenvalue weighted by atomic mass is 10.1. The van der Waals surface area contributed by atoms with Crippen molar-refractivity contribution in [2.45, 2.75) is 25.8 Å². The Hall–Kier alpha value is -3.22. The molecule has 144 valence electrons. The number of aromatic nitrogens is 2. The number of rotatable bonds is 5. The highest BCUT2D eigenvalue weighted by Crippen LogP contribution is 2.28. The van der Waals surface area contributed by atoms with E-state index in [2.05, 4.69) is 10.4 Å². The summed E-state index contributed by atoms with van der Waals surface area (Å²) in [4.78, 5) is 12.8. The molecule has 5 nitrogen and oxygen atoms in total. The minimum atomic E-state index is -0.943. The van der Waals surface area contributed by atoms with Gasteiger partial charge in [-0.25, -0.2) is 13.5 Å². The molecule has 28 heavy (non-hydrogen) atoms. The number of benzene rings is 2. The zero-order chi connectivity index (χ0) is 19.7. The number of hydrogen-bond acceptors (Lipinski definition) is 3. The van der Waals surface area contributed by atoms with E-state index in [1.165, 1.54) is 6.07 Å². The summed E-state index contributed by atoms with van der Waals surface area (Å²) in [6, 6.07) is 11.1. The molecular formula is C21H19F2N3O2. The first kappa shape index (κ1) is 18.2. The lowest BCUT2D eigenvalue weighted by molar-refractivity contribution is 0.0944. The van der Waals surface area contributed by atoms with Crippen LogP contribution in [-0.2, 0) is 19.4 Å². The van der Waals surface area contributed by atoms with E-state index < -0.39 is 11.6 Å². The fraction of sp³-hybridized carbons (Fsp3) is 0.238. The zero-order valence-corrected chi connectivity index (χ0v) is 15.3. The maximum Gasteiger partial charge on any atom is 0.272 e. The number of halogens is 2. The Labute approximate surface area is 160 Å². The van der Waals surface area contributed by atoms with Gasteiger partial charge in [-0.1, -0.05) is 18.2 Å². The van der Waals surface area contributed by atoms with Crippen molar-refractivity contribution in [1.82, 2.24) is 15.1 Å². The van der Waals surface area contributed by atoms with Crippen LogP contribution in [0, 0.1) is 11.6 Å². The summed E-state index contributed by atoms with van der Waals surface area (Å²) < 4.78 is 33.8. The molecule has 4 rings (SSSR count). The van der Waals surface area contributed by atoms with Crippen molar-refractivity contribution < 1.29 is 18.3 Å². The topological polar surface area (TPSA) is 56.1 Å². The van der Waals surface area contributed by atoms with Gasteiger partial charge in [0, 0.05) is 29.4 Å². The molecule has 3 aromatic rings.